The summed E-state index contributed by atoms with van der Waals surface area (Å²) in [6, 6.07) is 11.3. The van der Waals surface area contributed by atoms with Crippen molar-refractivity contribution in [3.8, 4) is 0 Å². The maximum Gasteiger partial charge on any atom is 0.284 e. The van der Waals surface area contributed by atoms with Crippen LogP contribution in [-0.4, -0.2) is 19.5 Å². The number of carbonyl (C=O) groups is 1. The van der Waals surface area contributed by atoms with Crippen LogP contribution in [0.1, 0.15) is 5.76 Å². The molecule has 0 unspecified atom stereocenters. The van der Waals surface area contributed by atoms with Gasteiger partial charge in [-0.1, -0.05) is 18.2 Å². The van der Waals surface area contributed by atoms with Crippen LogP contribution in [0.5, 0.6) is 0 Å². The number of furan rings is 1. The highest BCUT2D eigenvalue weighted by molar-refractivity contribution is 14.1. The fourth-order valence-electron chi connectivity index (χ4n) is 1.76. The van der Waals surface area contributed by atoms with Crippen LogP contribution in [0.3, 0.4) is 0 Å². The molecule has 1 aromatic carbocycles. The largest absolute Gasteiger partial charge is 0.451 e. The predicted octanol–water partition coefficient (Wildman–Crippen LogP) is 2.83. The van der Waals surface area contributed by atoms with E-state index in [2.05, 4.69) is 9.71 Å². The van der Waals surface area contributed by atoms with Gasteiger partial charge in [0.2, 0.25) is 0 Å². The molecule has 3 rings (SSSR count). The lowest BCUT2D eigenvalue weighted by atomic mass is 10.4. The zero-order chi connectivity index (χ0) is 16.4. The maximum absolute atomic E-state index is 12.2. The zero-order valence-electron chi connectivity index (χ0n) is 11.4. The Morgan fingerprint density at radius 1 is 1.17 bits per heavy atom. The summed E-state index contributed by atoms with van der Waals surface area (Å²) < 4.78 is 34.1. The Balaban J connectivity index is 1.86. The van der Waals surface area contributed by atoms with Crippen LogP contribution in [0, 0.1) is 3.77 Å². The second-order valence-corrected chi connectivity index (χ2v) is 8.09. The van der Waals surface area contributed by atoms with E-state index in [1.807, 2.05) is 22.6 Å². The minimum atomic E-state index is -3.86. The highest BCUT2D eigenvalue weighted by Crippen LogP contribution is 2.28. The molecule has 1 N–H and O–H groups in total. The lowest BCUT2D eigenvalue weighted by Gasteiger charge is -1.98. The molecule has 0 saturated carbocycles. The summed E-state index contributed by atoms with van der Waals surface area (Å²) in [5.74, 6) is 0.0997. The quantitative estimate of drug-likeness (QED) is 0.562. The van der Waals surface area contributed by atoms with E-state index in [-0.39, 0.29) is 10.1 Å². The zero-order valence-corrected chi connectivity index (χ0v) is 15.2. The maximum atomic E-state index is 12.2. The molecule has 9 heteroatoms. The third kappa shape index (κ3) is 3.85. The average Bonchev–Trinajstić information content (AvgIpc) is 3.06. The molecular weight excluding hydrogens is 451 g/mol. The smallest absolute Gasteiger partial charge is 0.284 e. The molecule has 0 bridgehead atoms. The number of benzene rings is 1. The van der Waals surface area contributed by atoms with Crippen LogP contribution in [0.25, 0.3) is 6.08 Å². The Morgan fingerprint density at radius 3 is 2.57 bits per heavy atom. The molecule has 0 aliphatic carbocycles. The Labute approximate surface area is 150 Å². The standard InChI is InChI=1S/C14H9IN2O4S2/c15-12-7-6-9(21-12)8-11-13(18)16-14(22-11)17-23(19,20)10-4-2-1-3-5-10/h1-8H,(H,16,17,18). The number of nitrogens with zero attached hydrogens (tertiary/aromatic N) is 1. The molecule has 0 radical (unpaired) electrons. The van der Waals surface area contributed by atoms with E-state index >= 15 is 0 Å². The van der Waals surface area contributed by atoms with Crippen molar-refractivity contribution < 1.29 is 17.6 Å². The first-order chi connectivity index (χ1) is 10.9. The monoisotopic (exact) mass is 460 g/mol. The highest BCUT2D eigenvalue weighted by atomic mass is 127. The Morgan fingerprint density at radius 2 is 1.91 bits per heavy atom. The molecule has 1 aliphatic rings. The van der Waals surface area contributed by atoms with E-state index in [0.717, 1.165) is 11.8 Å². The van der Waals surface area contributed by atoms with E-state index in [1.54, 1.807) is 36.4 Å². The summed E-state index contributed by atoms with van der Waals surface area (Å²) in [4.78, 5) is 12.3. The molecular formula is C14H9IN2O4S2. The number of hydrogen-bond acceptors (Lipinski definition) is 5. The predicted molar refractivity (Wildman–Crippen MR) is 96.2 cm³/mol. The molecule has 118 valence electrons. The van der Waals surface area contributed by atoms with Crippen LogP contribution < -0.4 is 5.32 Å². The first-order valence-electron chi connectivity index (χ1n) is 6.30. The molecule has 0 spiro atoms. The van der Waals surface area contributed by atoms with Gasteiger partial charge in [-0.25, -0.2) is 0 Å². The van der Waals surface area contributed by atoms with Crippen LogP contribution >= 0.6 is 34.4 Å². The summed E-state index contributed by atoms with van der Waals surface area (Å²) in [6.07, 6.45) is 1.54. The summed E-state index contributed by atoms with van der Waals surface area (Å²) in [7, 11) is -3.86. The van der Waals surface area contributed by atoms with Gasteiger partial charge in [0.15, 0.2) is 8.93 Å². The Bertz CT molecular complexity index is 917. The van der Waals surface area contributed by atoms with Crippen LogP contribution in [-0.2, 0) is 14.8 Å². The summed E-state index contributed by atoms with van der Waals surface area (Å²) in [6.45, 7) is 0. The molecule has 1 aliphatic heterocycles. The van der Waals surface area contributed by atoms with Gasteiger partial charge in [-0.15, -0.1) is 4.40 Å². The van der Waals surface area contributed by atoms with E-state index in [4.69, 9.17) is 4.42 Å². The van der Waals surface area contributed by atoms with E-state index < -0.39 is 15.9 Å². The first-order valence-corrected chi connectivity index (χ1v) is 9.64. The summed E-state index contributed by atoms with van der Waals surface area (Å²) in [5.41, 5.74) is 0. The van der Waals surface area contributed by atoms with Crippen LogP contribution in [0.2, 0.25) is 0 Å². The number of carbonyl (C=O) groups excluding carboxylic acids is 1. The molecule has 23 heavy (non-hydrogen) atoms. The molecule has 2 aromatic rings. The minimum Gasteiger partial charge on any atom is -0.451 e. The normalized spacial score (nSPS) is 18.6. The third-order valence-corrected chi connectivity index (χ3v) is 5.66. The van der Waals surface area contributed by atoms with Gasteiger partial charge >= 0.3 is 0 Å². The second kappa shape index (κ2) is 6.49. The van der Waals surface area contributed by atoms with Gasteiger partial charge in [0.1, 0.15) is 5.76 Å². The van der Waals surface area contributed by atoms with Crippen molar-refractivity contribution in [1.29, 1.82) is 0 Å². The lowest BCUT2D eigenvalue weighted by molar-refractivity contribution is -0.115. The molecule has 1 aromatic heterocycles. The van der Waals surface area contributed by atoms with Crippen molar-refractivity contribution in [3.05, 3.63) is 56.9 Å². The summed E-state index contributed by atoms with van der Waals surface area (Å²) in [5, 5.41) is 2.46. The third-order valence-electron chi connectivity index (χ3n) is 2.76. The van der Waals surface area contributed by atoms with Gasteiger partial charge in [0.25, 0.3) is 15.9 Å². The molecule has 1 fully saturated rings. The molecule has 1 saturated heterocycles. The number of rotatable bonds is 3. The van der Waals surface area contributed by atoms with Crippen molar-refractivity contribution in [2.24, 2.45) is 4.40 Å². The van der Waals surface area contributed by atoms with Crippen LogP contribution in [0.4, 0.5) is 0 Å². The Hall–Kier alpha value is -1.59. The van der Waals surface area contributed by atoms with E-state index in [1.165, 1.54) is 12.1 Å². The number of nitrogens with one attached hydrogen (secondary N) is 1. The number of hydrogen-bond donors (Lipinski definition) is 1. The Kier molecular flexibility index (Phi) is 4.60. The molecule has 0 atom stereocenters. The minimum absolute atomic E-state index is 0.0198. The summed E-state index contributed by atoms with van der Waals surface area (Å²) >= 11 is 2.97. The fourth-order valence-corrected chi connectivity index (χ4v) is 4.18. The van der Waals surface area contributed by atoms with Crippen molar-refractivity contribution >= 4 is 61.5 Å². The number of thioether (sulfide) groups is 1. The van der Waals surface area contributed by atoms with Gasteiger partial charge in [-0.05, 0) is 58.6 Å². The van der Waals surface area contributed by atoms with Gasteiger partial charge < -0.3 is 4.42 Å². The molecule has 1 amide bonds. The SMILES string of the molecule is O=C1N/C(=N/S(=O)(=O)c2ccccc2)SC1=Cc1ccc(I)o1. The van der Waals surface area contributed by atoms with Gasteiger partial charge in [0, 0.05) is 6.08 Å². The lowest BCUT2D eigenvalue weighted by Crippen LogP contribution is -2.20. The van der Waals surface area contributed by atoms with Crippen LogP contribution in [0.15, 0.2) is 61.1 Å². The fraction of sp³-hybridized carbons (Fsp3) is 0. The highest BCUT2D eigenvalue weighted by Gasteiger charge is 2.26. The van der Waals surface area contributed by atoms with E-state index in [9.17, 15) is 13.2 Å². The van der Waals surface area contributed by atoms with Gasteiger partial charge in [-0.2, -0.15) is 8.42 Å². The van der Waals surface area contributed by atoms with Crippen molar-refractivity contribution in [1.82, 2.24) is 5.32 Å². The second-order valence-electron chi connectivity index (χ2n) is 4.39. The van der Waals surface area contributed by atoms with Gasteiger partial charge in [-0.3, -0.25) is 10.1 Å². The number of amides is 1. The molecule has 6 nitrogen and oxygen atoms in total. The number of sulfonamides is 1. The van der Waals surface area contributed by atoms with Crippen molar-refractivity contribution in [2.45, 2.75) is 4.90 Å². The number of amidine groups is 1. The van der Waals surface area contributed by atoms with Crippen molar-refractivity contribution in [3.63, 3.8) is 0 Å². The topological polar surface area (TPSA) is 88.7 Å². The van der Waals surface area contributed by atoms with Gasteiger partial charge in [0.05, 0.1) is 9.80 Å². The number of halogens is 1. The average molecular weight is 460 g/mol. The first kappa shape index (κ1) is 16.3. The van der Waals surface area contributed by atoms with E-state index in [0.29, 0.717) is 14.4 Å². The molecule has 2 heterocycles. The van der Waals surface area contributed by atoms with Crippen molar-refractivity contribution in [2.75, 3.05) is 0 Å².